The fraction of sp³-hybridized carbons (Fsp3) is 0.571. The lowest BCUT2D eigenvalue weighted by molar-refractivity contribution is 0.945. The Morgan fingerprint density at radius 1 is 0.800 bits per heavy atom. The zero-order chi connectivity index (χ0) is 11.4. The molecule has 0 bridgehead atoms. The first-order valence-electron chi connectivity index (χ1n) is 6.01. The summed E-state index contributed by atoms with van der Waals surface area (Å²) in [7, 11) is 0. The molecule has 0 unspecified atom stereocenters. The van der Waals surface area contributed by atoms with Gasteiger partial charge in [-0.05, 0) is 54.0 Å². The lowest BCUT2D eigenvalue weighted by Gasteiger charge is -2.17. The van der Waals surface area contributed by atoms with Crippen LogP contribution in [0, 0.1) is 0 Å². The SMILES string of the molecule is CCc1cc(Cl)c(CC)c(CC)c1CC. The maximum Gasteiger partial charge on any atom is 0.0443 e. The molecule has 0 aliphatic heterocycles. The van der Waals surface area contributed by atoms with Gasteiger partial charge in [0.05, 0.1) is 0 Å². The van der Waals surface area contributed by atoms with Crippen LogP contribution in [0.2, 0.25) is 5.02 Å². The van der Waals surface area contributed by atoms with Gasteiger partial charge in [-0.1, -0.05) is 39.3 Å². The van der Waals surface area contributed by atoms with Crippen LogP contribution in [-0.4, -0.2) is 0 Å². The molecule has 0 N–H and O–H groups in total. The van der Waals surface area contributed by atoms with Gasteiger partial charge in [-0.3, -0.25) is 0 Å². The molecule has 0 amide bonds. The molecule has 0 aromatic heterocycles. The molecule has 84 valence electrons. The minimum atomic E-state index is 0.961. The van der Waals surface area contributed by atoms with Crippen LogP contribution in [-0.2, 0) is 25.7 Å². The topological polar surface area (TPSA) is 0 Å². The van der Waals surface area contributed by atoms with Crippen molar-refractivity contribution < 1.29 is 0 Å². The van der Waals surface area contributed by atoms with E-state index in [1.807, 2.05) is 0 Å². The summed E-state index contributed by atoms with van der Waals surface area (Å²) >= 11 is 6.32. The van der Waals surface area contributed by atoms with Gasteiger partial charge >= 0.3 is 0 Å². The van der Waals surface area contributed by atoms with Gasteiger partial charge in [0.15, 0.2) is 0 Å². The van der Waals surface area contributed by atoms with Crippen molar-refractivity contribution >= 4 is 11.6 Å². The van der Waals surface area contributed by atoms with E-state index in [9.17, 15) is 0 Å². The Labute approximate surface area is 98.7 Å². The van der Waals surface area contributed by atoms with Gasteiger partial charge in [0.25, 0.3) is 0 Å². The molecule has 0 atom stereocenters. The first-order chi connectivity index (χ1) is 7.19. The molecule has 0 fully saturated rings. The van der Waals surface area contributed by atoms with Gasteiger partial charge in [-0.25, -0.2) is 0 Å². The first kappa shape index (κ1) is 12.6. The summed E-state index contributed by atoms with van der Waals surface area (Å²) in [4.78, 5) is 0. The Hall–Kier alpha value is -0.490. The van der Waals surface area contributed by atoms with E-state index in [-0.39, 0.29) is 0 Å². The molecule has 0 aliphatic carbocycles. The average Bonchev–Trinajstić information content (AvgIpc) is 2.27. The minimum Gasteiger partial charge on any atom is -0.0840 e. The quantitative estimate of drug-likeness (QED) is 0.702. The number of rotatable bonds is 4. The molecule has 0 spiro atoms. The van der Waals surface area contributed by atoms with Crippen molar-refractivity contribution in [2.75, 3.05) is 0 Å². The lowest BCUT2D eigenvalue weighted by atomic mass is 9.90. The molecule has 1 aromatic carbocycles. The summed E-state index contributed by atoms with van der Waals surface area (Å²) in [5.74, 6) is 0. The summed E-state index contributed by atoms with van der Waals surface area (Å²) in [5.41, 5.74) is 5.80. The second-order valence-electron chi connectivity index (χ2n) is 3.87. The second kappa shape index (κ2) is 5.55. The molecule has 1 heteroatoms. The van der Waals surface area contributed by atoms with E-state index >= 15 is 0 Å². The van der Waals surface area contributed by atoms with Crippen molar-refractivity contribution in [2.24, 2.45) is 0 Å². The highest BCUT2D eigenvalue weighted by Crippen LogP contribution is 2.29. The van der Waals surface area contributed by atoms with E-state index < -0.39 is 0 Å². The normalized spacial score (nSPS) is 10.7. The highest BCUT2D eigenvalue weighted by atomic mass is 35.5. The summed E-state index contributed by atoms with van der Waals surface area (Å²) in [6.45, 7) is 8.85. The van der Waals surface area contributed by atoms with Crippen LogP contribution in [0.3, 0.4) is 0 Å². The molecule has 0 aliphatic rings. The largest absolute Gasteiger partial charge is 0.0840 e. The smallest absolute Gasteiger partial charge is 0.0443 e. The number of hydrogen-bond acceptors (Lipinski definition) is 0. The lowest BCUT2D eigenvalue weighted by Crippen LogP contribution is -2.03. The highest BCUT2D eigenvalue weighted by Gasteiger charge is 2.12. The Balaban J connectivity index is 3.44. The molecule has 0 nitrogen and oxygen atoms in total. The monoisotopic (exact) mass is 224 g/mol. The van der Waals surface area contributed by atoms with Crippen LogP contribution in [0.25, 0.3) is 0 Å². The summed E-state index contributed by atoms with van der Waals surface area (Å²) in [5, 5.41) is 0.961. The zero-order valence-electron chi connectivity index (χ0n) is 10.3. The molecular weight excluding hydrogens is 204 g/mol. The molecule has 0 saturated heterocycles. The van der Waals surface area contributed by atoms with E-state index in [0.29, 0.717) is 0 Å². The number of benzene rings is 1. The van der Waals surface area contributed by atoms with Gasteiger partial charge in [0.2, 0.25) is 0 Å². The first-order valence-corrected chi connectivity index (χ1v) is 6.39. The van der Waals surface area contributed by atoms with Crippen molar-refractivity contribution in [3.8, 4) is 0 Å². The zero-order valence-corrected chi connectivity index (χ0v) is 11.0. The van der Waals surface area contributed by atoms with Gasteiger partial charge in [0, 0.05) is 5.02 Å². The third-order valence-corrected chi connectivity index (χ3v) is 3.48. The van der Waals surface area contributed by atoms with Crippen LogP contribution >= 0.6 is 11.6 Å². The van der Waals surface area contributed by atoms with Crippen LogP contribution in [0.1, 0.15) is 49.9 Å². The predicted octanol–water partition coefficient (Wildman–Crippen LogP) is 4.59. The average molecular weight is 225 g/mol. The Kier molecular flexibility index (Phi) is 4.66. The molecule has 0 radical (unpaired) electrons. The molecule has 1 aromatic rings. The van der Waals surface area contributed by atoms with E-state index in [1.165, 1.54) is 22.3 Å². The molecular formula is C14H21Cl. The molecule has 1 rings (SSSR count). The van der Waals surface area contributed by atoms with Crippen LogP contribution in [0.15, 0.2) is 6.07 Å². The number of halogens is 1. The Bertz CT molecular complexity index is 340. The highest BCUT2D eigenvalue weighted by molar-refractivity contribution is 6.31. The standard InChI is InChI=1S/C14H21Cl/c1-5-10-9-14(15)13(8-4)12(7-3)11(10)6-2/h9H,5-8H2,1-4H3. The van der Waals surface area contributed by atoms with Crippen LogP contribution in [0.5, 0.6) is 0 Å². The summed E-state index contributed by atoms with van der Waals surface area (Å²) < 4.78 is 0. The van der Waals surface area contributed by atoms with E-state index in [4.69, 9.17) is 11.6 Å². The summed E-state index contributed by atoms with van der Waals surface area (Å²) in [6.07, 6.45) is 4.34. The van der Waals surface area contributed by atoms with Crippen molar-refractivity contribution in [1.82, 2.24) is 0 Å². The second-order valence-corrected chi connectivity index (χ2v) is 4.27. The Morgan fingerprint density at radius 3 is 1.73 bits per heavy atom. The van der Waals surface area contributed by atoms with Gasteiger partial charge < -0.3 is 0 Å². The third kappa shape index (κ3) is 2.36. The molecule has 0 saturated carbocycles. The third-order valence-electron chi connectivity index (χ3n) is 3.15. The number of hydrogen-bond donors (Lipinski definition) is 0. The van der Waals surface area contributed by atoms with Gasteiger partial charge in [0.1, 0.15) is 0 Å². The maximum absolute atomic E-state index is 6.32. The maximum atomic E-state index is 6.32. The van der Waals surface area contributed by atoms with Crippen molar-refractivity contribution in [2.45, 2.75) is 53.4 Å². The van der Waals surface area contributed by atoms with E-state index in [0.717, 1.165) is 30.7 Å². The fourth-order valence-corrected chi connectivity index (χ4v) is 2.79. The van der Waals surface area contributed by atoms with Gasteiger partial charge in [-0.15, -0.1) is 0 Å². The number of aryl methyl sites for hydroxylation is 1. The van der Waals surface area contributed by atoms with E-state index in [2.05, 4.69) is 33.8 Å². The molecule has 15 heavy (non-hydrogen) atoms. The Morgan fingerprint density at radius 2 is 1.33 bits per heavy atom. The van der Waals surface area contributed by atoms with Crippen molar-refractivity contribution in [3.63, 3.8) is 0 Å². The predicted molar refractivity (Wildman–Crippen MR) is 69.0 cm³/mol. The van der Waals surface area contributed by atoms with Crippen molar-refractivity contribution in [1.29, 1.82) is 0 Å². The fourth-order valence-electron chi connectivity index (χ4n) is 2.41. The van der Waals surface area contributed by atoms with E-state index in [1.54, 1.807) is 0 Å². The van der Waals surface area contributed by atoms with Crippen LogP contribution in [0.4, 0.5) is 0 Å². The van der Waals surface area contributed by atoms with Gasteiger partial charge in [-0.2, -0.15) is 0 Å². The molecule has 0 heterocycles. The summed E-state index contributed by atoms with van der Waals surface area (Å²) in [6, 6.07) is 2.17. The minimum absolute atomic E-state index is 0.961. The van der Waals surface area contributed by atoms with Crippen molar-refractivity contribution in [3.05, 3.63) is 33.3 Å². The van der Waals surface area contributed by atoms with Crippen LogP contribution < -0.4 is 0 Å².